The van der Waals surface area contributed by atoms with E-state index in [0.29, 0.717) is 11.5 Å². The molecule has 0 radical (unpaired) electrons. The van der Waals surface area contributed by atoms with Crippen molar-refractivity contribution in [1.82, 2.24) is 15.2 Å². The minimum absolute atomic E-state index is 0.141. The second kappa shape index (κ2) is 9.24. The van der Waals surface area contributed by atoms with Crippen molar-refractivity contribution in [2.24, 2.45) is 0 Å². The molecule has 6 nitrogen and oxygen atoms in total. The Morgan fingerprint density at radius 1 is 1.09 bits per heavy atom. The molecule has 1 atom stereocenters. The molecule has 164 valence electrons. The first-order chi connectivity index (χ1) is 15.7. The number of aryl methyl sites for hydroxylation is 1. The summed E-state index contributed by atoms with van der Waals surface area (Å²) in [5.41, 5.74) is 3.20. The predicted molar refractivity (Wildman–Crippen MR) is 126 cm³/mol. The molecule has 1 aliphatic rings. The fourth-order valence-electron chi connectivity index (χ4n) is 3.86. The number of carbonyl (C=O) groups is 1. The summed E-state index contributed by atoms with van der Waals surface area (Å²) in [6.07, 6.45) is 0. The molecule has 0 spiro atoms. The highest BCUT2D eigenvalue weighted by Crippen LogP contribution is 2.31. The molecule has 0 saturated carbocycles. The van der Waals surface area contributed by atoms with Crippen LogP contribution in [0.25, 0.3) is 21.0 Å². The Labute approximate surface area is 190 Å². The minimum atomic E-state index is -0.226. The molecule has 2 aromatic carbocycles. The number of carbonyl (C=O) groups excluding carboxylic acids is 1. The third-order valence-electron chi connectivity index (χ3n) is 5.66. The van der Waals surface area contributed by atoms with Crippen molar-refractivity contribution in [2.45, 2.75) is 13.0 Å². The summed E-state index contributed by atoms with van der Waals surface area (Å²) in [4.78, 5) is 20.0. The van der Waals surface area contributed by atoms with Crippen LogP contribution in [0.4, 0.5) is 0 Å². The summed E-state index contributed by atoms with van der Waals surface area (Å²) in [7, 11) is 0. The van der Waals surface area contributed by atoms with Gasteiger partial charge in [0, 0.05) is 19.6 Å². The Kier molecular flexibility index (Phi) is 6.03. The summed E-state index contributed by atoms with van der Waals surface area (Å²) in [5.74, 6) is 0.672. The topological polar surface area (TPSA) is 67.6 Å². The first-order valence-corrected chi connectivity index (χ1v) is 11.6. The number of aromatic nitrogens is 1. The number of morpholine rings is 1. The Morgan fingerprint density at radius 2 is 1.88 bits per heavy atom. The number of nitrogens with zero attached hydrogens (tertiary/aromatic N) is 2. The number of nitrogens with one attached hydrogen (secondary N) is 1. The van der Waals surface area contributed by atoms with Crippen LogP contribution in [0.2, 0.25) is 0 Å². The van der Waals surface area contributed by atoms with Crippen LogP contribution in [0.15, 0.2) is 65.1 Å². The van der Waals surface area contributed by atoms with Gasteiger partial charge in [0.05, 0.1) is 29.5 Å². The van der Waals surface area contributed by atoms with E-state index in [-0.39, 0.29) is 11.9 Å². The summed E-state index contributed by atoms with van der Waals surface area (Å²) in [6.45, 7) is 5.95. The number of fused-ring (bicyclic) bond motifs is 1. The van der Waals surface area contributed by atoms with Gasteiger partial charge in [0.15, 0.2) is 16.5 Å². The van der Waals surface area contributed by atoms with Crippen LogP contribution in [-0.4, -0.2) is 48.6 Å². The van der Waals surface area contributed by atoms with E-state index in [2.05, 4.69) is 46.4 Å². The lowest BCUT2D eigenvalue weighted by atomic mass is 10.0. The van der Waals surface area contributed by atoms with Crippen LogP contribution in [0.3, 0.4) is 0 Å². The monoisotopic (exact) mass is 447 g/mol. The van der Waals surface area contributed by atoms with Crippen molar-refractivity contribution in [3.63, 3.8) is 0 Å². The van der Waals surface area contributed by atoms with Crippen LogP contribution in [0.5, 0.6) is 0 Å². The molecule has 1 N–H and O–H groups in total. The maximum atomic E-state index is 13.1. The second-order valence-electron chi connectivity index (χ2n) is 8.00. The van der Waals surface area contributed by atoms with E-state index >= 15 is 0 Å². The molecule has 1 fully saturated rings. The molecular formula is C25H25N3O3S. The van der Waals surface area contributed by atoms with Crippen molar-refractivity contribution in [1.29, 1.82) is 0 Å². The third kappa shape index (κ3) is 4.60. The molecule has 1 unspecified atom stereocenters. The average Bonchev–Trinajstić information content (AvgIpc) is 3.47. The van der Waals surface area contributed by atoms with Crippen LogP contribution in [0.1, 0.15) is 27.7 Å². The van der Waals surface area contributed by atoms with E-state index in [1.54, 1.807) is 17.4 Å². The second-order valence-corrected chi connectivity index (χ2v) is 9.03. The summed E-state index contributed by atoms with van der Waals surface area (Å²) in [5, 5.41) is 3.95. The van der Waals surface area contributed by atoms with E-state index < -0.39 is 0 Å². The van der Waals surface area contributed by atoms with Gasteiger partial charge in [-0.05, 0) is 36.8 Å². The van der Waals surface area contributed by atoms with E-state index in [4.69, 9.17) is 9.15 Å². The van der Waals surface area contributed by atoms with Crippen LogP contribution < -0.4 is 5.32 Å². The van der Waals surface area contributed by atoms with Crippen LogP contribution >= 0.6 is 11.3 Å². The van der Waals surface area contributed by atoms with E-state index in [1.807, 2.05) is 30.3 Å². The molecule has 2 aromatic heterocycles. The molecular weight excluding hydrogens is 422 g/mol. The number of para-hydroxylation sites is 1. The lowest BCUT2D eigenvalue weighted by Gasteiger charge is -2.31. The molecule has 0 bridgehead atoms. The van der Waals surface area contributed by atoms with Gasteiger partial charge < -0.3 is 14.5 Å². The smallest absolute Gasteiger partial charge is 0.287 e. The number of amides is 1. The molecule has 7 heteroatoms. The fourth-order valence-corrected chi connectivity index (χ4v) is 4.78. The Morgan fingerprint density at radius 3 is 2.66 bits per heavy atom. The number of rotatable bonds is 6. The van der Waals surface area contributed by atoms with Gasteiger partial charge in [-0.3, -0.25) is 9.69 Å². The molecule has 1 saturated heterocycles. The average molecular weight is 448 g/mol. The summed E-state index contributed by atoms with van der Waals surface area (Å²) < 4.78 is 12.5. The van der Waals surface area contributed by atoms with Crippen LogP contribution in [0, 0.1) is 6.92 Å². The quantitative estimate of drug-likeness (QED) is 0.465. The van der Waals surface area contributed by atoms with Crippen molar-refractivity contribution in [2.75, 3.05) is 32.8 Å². The number of ether oxygens (including phenoxy) is 1. The fraction of sp³-hybridized carbons (Fsp3) is 0.280. The number of benzene rings is 2. The number of thiazole rings is 1. The third-order valence-corrected chi connectivity index (χ3v) is 6.71. The Balaban J connectivity index is 1.35. The van der Waals surface area contributed by atoms with Crippen molar-refractivity contribution >= 4 is 27.5 Å². The highest BCUT2D eigenvalue weighted by atomic mass is 32.1. The molecule has 0 aliphatic carbocycles. The van der Waals surface area contributed by atoms with E-state index in [0.717, 1.165) is 53.6 Å². The maximum Gasteiger partial charge on any atom is 0.287 e. The minimum Gasteiger partial charge on any atom is -0.448 e. The largest absolute Gasteiger partial charge is 0.448 e. The molecule has 1 aliphatic heterocycles. The Bertz CT molecular complexity index is 1180. The lowest BCUT2D eigenvalue weighted by molar-refractivity contribution is 0.0331. The van der Waals surface area contributed by atoms with Gasteiger partial charge in [-0.2, -0.15) is 0 Å². The highest BCUT2D eigenvalue weighted by molar-refractivity contribution is 7.21. The SMILES string of the molecule is Cc1ccc(C(CN2CCOCC2)NC(=O)c2ccc(-c3nc4ccccc4s3)o2)cc1. The lowest BCUT2D eigenvalue weighted by Crippen LogP contribution is -2.43. The zero-order chi connectivity index (χ0) is 21.9. The number of hydrogen-bond acceptors (Lipinski definition) is 6. The molecule has 32 heavy (non-hydrogen) atoms. The first-order valence-electron chi connectivity index (χ1n) is 10.8. The highest BCUT2D eigenvalue weighted by Gasteiger charge is 2.23. The summed E-state index contributed by atoms with van der Waals surface area (Å²) >= 11 is 1.56. The van der Waals surface area contributed by atoms with Gasteiger partial charge in [-0.1, -0.05) is 42.0 Å². The number of hydrogen-bond donors (Lipinski definition) is 1. The Hall–Kier alpha value is -3.00. The van der Waals surface area contributed by atoms with Crippen molar-refractivity contribution < 1.29 is 13.9 Å². The summed E-state index contributed by atoms with van der Waals surface area (Å²) in [6, 6.07) is 19.7. The maximum absolute atomic E-state index is 13.1. The van der Waals surface area contributed by atoms with Gasteiger partial charge in [0.2, 0.25) is 0 Å². The van der Waals surface area contributed by atoms with Gasteiger partial charge in [-0.25, -0.2) is 4.98 Å². The predicted octanol–water partition coefficient (Wildman–Crippen LogP) is 4.67. The van der Waals surface area contributed by atoms with Crippen molar-refractivity contribution in [3.05, 3.63) is 77.6 Å². The van der Waals surface area contributed by atoms with Gasteiger partial charge in [0.1, 0.15) is 0 Å². The molecule has 5 rings (SSSR count). The van der Waals surface area contributed by atoms with Gasteiger partial charge >= 0.3 is 0 Å². The zero-order valence-electron chi connectivity index (χ0n) is 17.9. The number of furan rings is 1. The molecule has 3 heterocycles. The standard InChI is InChI=1S/C25H25N3O3S/c1-17-6-8-18(9-7-17)20(16-28-12-14-30-15-13-28)26-24(29)21-10-11-22(31-21)25-27-19-4-2-3-5-23(19)32-25/h2-11,20H,12-16H2,1H3,(H,26,29). The zero-order valence-corrected chi connectivity index (χ0v) is 18.7. The van der Waals surface area contributed by atoms with Crippen molar-refractivity contribution in [3.8, 4) is 10.8 Å². The van der Waals surface area contributed by atoms with Crippen LogP contribution in [-0.2, 0) is 4.74 Å². The van der Waals surface area contributed by atoms with E-state index in [1.165, 1.54) is 5.56 Å². The van der Waals surface area contributed by atoms with Gasteiger partial charge in [0.25, 0.3) is 5.91 Å². The van der Waals surface area contributed by atoms with E-state index in [9.17, 15) is 4.79 Å². The van der Waals surface area contributed by atoms with Gasteiger partial charge in [-0.15, -0.1) is 11.3 Å². The molecule has 4 aromatic rings. The normalized spacial score (nSPS) is 15.7. The molecule has 1 amide bonds. The first kappa shape index (κ1) is 20.9.